The Morgan fingerprint density at radius 1 is 1.75 bits per heavy atom. The molecule has 0 aliphatic heterocycles. The van der Waals surface area contributed by atoms with Gasteiger partial charge in [-0.15, -0.1) is 0 Å². The van der Waals surface area contributed by atoms with Crippen molar-refractivity contribution in [1.29, 1.82) is 0 Å². The molecule has 68 valence electrons. The second-order valence-electron chi connectivity index (χ2n) is 2.09. The molecule has 0 saturated carbocycles. The summed E-state index contributed by atoms with van der Waals surface area (Å²) in [5.74, 6) is 0. The van der Waals surface area contributed by atoms with Gasteiger partial charge in [-0.25, -0.2) is 4.68 Å². The lowest BCUT2D eigenvalue weighted by molar-refractivity contribution is 0.0461. The zero-order valence-corrected chi connectivity index (χ0v) is 8.46. The Hall–Kier alpha value is -0.240. The van der Waals surface area contributed by atoms with Crippen molar-refractivity contribution >= 4 is 22.6 Å². The van der Waals surface area contributed by atoms with Crippen LogP contribution in [0.15, 0.2) is 6.20 Å². The average Bonchev–Trinajstić information content (AvgIpc) is 2.34. The number of ether oxygens (including phenoxy) is 1. The van der Waals surface area contributed by atoms with Crippen molar-refractivity contribution in [1.82, 2.24) is 9.78 Å². The van der Waals surface area contributed by atoms with Crippen LogP contribution in [0.2, 0.25) is 0 Å². The maximum atomic E-state index is 12.2. The van der Waals surface area contributed by atoms with Crippen molar-refractivity contribution in [2.24, 2.45) is 0 Å². The minimum absolute atomic E-state index is 0.155. The van der Waals surface area contributed by atoms with Gasteiger partial charge in [0, 0.05) is 7.11 Å². The maximum Gasteiger partial charge on any atom is 0.333 e. The molecule has 0 aliphatic carbocycles. The summed E-state index contributed by atoms with van der Waals surface area (Å²) < 4.78 is 30.5. The number of rotatable bonds is 3. The maximum absolute atomic E-state index is 12.2. The highest BCUT2D eigenvalue weighted by Crippen LogP contribution is 2.18. The van der Waals surface area contributed by atoms with Gasteiger partial charge in [0.25, 0.3) is 0 Å². The van der Waals surface area contributed by atoms with Gasteiger partial charge in [-0.1, -0.05) is 0 Å². The van der Waals surface area contributed by atoms with E-state index in [1.54, 1.807) is 0 Å². The average molecular weight is 288 g/mol. The van der Waals surface area contributed by atoms with Gasteiger partial charge in [0.05, 0.1) is 22.1 Å². The molecule has 1 aromatic rings. The molecule has 0 N–H and O–H groups in total. The van der Waals surface area contributed by atoms with E-state index in [4.69, 9.17) is 4.74 Å². The molecule has 0 fully saturated rings. The van der Waals surface area contributed by atoms with Crippen molar-refractivity contribution < 1.29 is 13.5 Å². The topological polar surface area (TPSA) is 27.1 Å². The van der Waals surface area contributed by atoms with Crippen LogP contribution >= 0.6 is 22.6 Å². The third-order valence-electron chi connectivity index (χ3n) is 1.31. The predicted molar refractivity (Wildman–Crippen MR) is 46.9 cm³/mol. The van der Waals surface area contributed by atoms with Crippen LogP contribution in [-0.2, 0) is 11.3 Å². The Balaban J connectivity index is 2.95. The van der Waals surface area contributed by atoms with Crippen LogP contribution in [0.4, 0.5) is 8.78 Å². The number of aromatic nitrogens is 2. The lowest BCUT2D eigenvalue weighted by Gasteiger charge is -2.04. The summed E-state index contributed by atoms with van der Waals surface area (Å²) in [6, 6.07) is 0. The Labute approximate surface area is 81.8 Å². The summed E-state index contributed by atoms with van der Waals surface area (Å²) in [4.78, 5) is 0. The first kappa shape index (κ1) is 9.85. The minimum atomic E-state index is -2.60. The van der Waals surface area contributed by atoms with Gasteiger partial charge in [0.1, 0.15) is 0 Å². The zero-order valence-electron chi connectivity index (χ0n) is 6.30. The first-order valence-corrected chi connectivity index (χ1v) is 4.23. The number of hydrogen-bond acceptors (Lipinski definition) is 2. The highest BCUT2D eigenvalue weighted by atomic mass is 127. The predicted octanol–water partition coefficient (Wildman–Crippen LogP) is 2.03. The van der Waals surface area contributed by atoms with Gasteiger partial charge >= 0.3 is 6.55 Å². The molecule has 3 nitrogen and oxygen atoms in total. The number of methoxy groups -OCH3 is 1. The molecule has 0 amide bonds. The molecule has 0 aromatic carbocycles. The summed E-state index contributed by atoms with van der Waals surface area (Å²) in [5.41, 5.74) is 0.410. The van der Waals surface area contributed by atoms with E-state index in [-0.39, 0.29) is 6.61 Å². The molecule has 0 atom stereocenters. The molecule has 0 aliphatic rings. The van der Waals surface area contributed by atoms with Gasteiger partial charge in [0.2, 0.25) is 0 Å². The van der Waals surface area contributed by atoms with E-state index in [2.05, 4.69) is 5.10 Å². The SMILES string of the molecule is COCc1c(I)cnn1C(F)F. The molecule has 0 saturated heterocycles. The molecule has 1 aromatic heterocycles. The Kier molecular flexibility index (Phi) is 3.39. The van der Waals surface area contributed by atoms with Gasteiger partial charge in [0.15, 0.2) is 0 Å². The van der Waals surface area contributed by atoms with Crippen LogP contribution in [0, 0.1) is 3.57 Å². The van der Waals surface area contributed by atoms with Crippen molar-refractivity contribution in [3.63, 3.8) is 0 Å². The molecule has 0 radical (unpaired) electrons. The quantitative estimate of drug-likeness (QED) is 0.796. The fourth-order valence-corrected chi connectivity index (χ4v) is 1.33. The third-order valence-corrected chi connectivity index (χ3v) is 2.21. The largest absolute Gasteiger partial charge is 0.378 e. The zero-order chi connectivity index (χ0) is 9.14. The van der Waals surface area contributed by atoms with Gasteiger partial charge in [-0.05, 0) is 22.6 Å². The molecule has 0 spiro atoms. The van der Waals surface area contributed by atoms with E-state index in [0.29, 0.717) is 13.9 Å². The van der Waals surface area contributed by atoms with Crippen molar-refractivity contribution in [3.8, 4) is 0 Å². The lowest BCUT2D eigenvalue weighted by Crippen LogP contribution is -2.06. The van der Waals surface area contributed by atoms with E-state index < -0.39 is 6.55 Å². The summed E-state index contributed by atoms with van der Waals surface area (Å²) >= 11 is 1.94. The molecule has 12 heavy (non-hydrogen) atoms. The van der Waals surface area contributed by atoms with E-state index in [0.717, 1.165) is 0 Å². The van der Waals surface area contributed by atoms with E-state index >= 15 is 0 Å². The number of nitrogens with zero attached hydrogens (tertiary/aromatic N) is 2. The molecule has 1 heterocycles. The normalized spacial score (nSPS) is 11.1. The molecule has 1 rings (SSSR count). The summed E-state index contributed by atoms with van der Waals surface area (Å²) in [5, 5.41) is 3.51. The molecular formula is C6H7F2IN2O. The Morgan fingerprint density at radius 3 is 2.92 bits per heavy atom. The first-order valence-electron chi connectivity index (χ1n) is 3.15. The van der Waals surface area contributed by atoms with Crippen LogP contribution in [0.25, 0.3) is 0 Å². The molecular weight excluding hydrogens is 281 g/mol. The van der Waals surface area contributed by atoms with Crippen molar-refractivity contribution in [2.45, 2.75) is 13.2 Å². The third kappa shape index (κ3) is 1.92. The van der Waals surface area contributed by atoms with E-state index in [1.165, 1.54) is 13.3 Å². The molecule has 0 unspecified atom stereocenters. The second-order valence-corrected chi connectivity index (χ2v) is 3.26. The van der Waals surface area contributed by atoms with Gasteiger partial charge in [-0.2, -0.15) is 13.9 Å². The number of halogens is 3. The van der Waals surface area contributed by atoms with Crippen LogP contribution < -0.4 is 0 Å². The van der Waals surface area contributed by atoms with Gasteiger partial charge < -0.3 is 4.74 Å². The summed E-state index contributed by atoms with van der Waals surface area (Å²) in [6.07, 6.45) is 1.39. The number of alkyl halides is 2. The standard InChI is InChI=1S/C6H7F2IN2O/c1-12-3-5-4(9)2-10-11(5)6(7)8/h2,6H,3H2,1H3. The fourth-order valence-electron chi connectivity index (χ4n) is 0.807. The van der Waals surface area contributed by atoms with Crippen molar-refractivity contribution in [3.05, 3.63) is 15.5 Å². The highest BCUT2D eigenvalue weighted by molar-refractivity contribution is 14.1. The Morgan fingerprint density at radius 2 is 2.42 bits per heavy atom. The molecule has 6 heteroatoms. The minimum Gasteiger partial charge on any atom is -0.378 e. The lowest BCUT2D eigenvalue weighted by atomic mass is 10.4. The van der Waals surface area contributed by atoms with Gasteiger partial charge in [-0.3, -0.25) is 0 Å². The summed E-state index contributed by atoms with van der Waals surface area (Å²) in [7, 11) is 1.46. The summed E-state index contributed by atoms with van der Waals surface area (Å²) in [6.45, 7) is -2.44. The van der Waals surface area contributed by atoms with Crippen LogP contribution in [0.5, 0.6) is 0 Å². The molecule has 0 bridgehead atoms. The van der Waals surface area contributed by atoms with E-state index in [9.17, 15) is 8.78 Å². The highest BCUT2D eigenvalue weighted by Gasteiger charge is 2.14. The van der Waals surface area contributed by atoms with E-state index in [1.807, 2.05) is 22.6 Å². The first-order chi connectivity index (χ1) is 5.66. The van der Waals surface area contributed by atoms with Crippen LogP contribution in [0.1, 0.15) is 12.2 Å². The number of hydrogen-bond donors (Lipinski definition) is 0. The van der Waals surface area contributed by atoms with Crippen molar-refractivity contribution in [2.75, 3.05) is 7.11 Å². The van der Waals surface area contributed by atoms with Crippen LogP contribution in [-0.4, -0.2) is 16.9 Å². The van der Waals surface area contributed by atoms with Crippen LogP contribution in [0.3, 0.4) is 0 Å². The second kappa shape index (κ2) is 4.13. The smallest absolute Gasteiger partial charge is 0.333 e. The monoisotopic (exact) mass is 288 g/mol. The Bertz CT molecular complexity index is 264. The fraction of sp³-hybridized carbons (Fsp3) is 0.500.